The van der Waals surface area contributed by atoms with Crippen LogP contribution in [0.3, 0.4) is 0 Å². The Bertz CT molecular complexity index is 496. The lowest BCUT2D eigenvalue weighted by Gasteiger charge is -2.22. The van der Waals surface area contributed by atoms with E-state index in [0.717, 1.165) is 25.7 Å². The van der Waals surface area contributed by atoms with Gasteiger partial charge in [-0.2, -0.15) is 0 Å². The summed E-state index contributed by atoms with van der Waals surface area (Å²) in [5, 5.41) is 15.5. The highest BCUT2D eigenvalue weighted by Crippen LogP contribution is 2.20. The first kappa shape index (κ1) is 15.7. The molecule has 0 saturated heterocycles. The van der Waals surface area contributed by atoms with E-state index < -0.39 is 17.8 Å². The Morgan fingerprint density at radius 1 is 1.43 bits per heavy atom. The highest BCUT2D eigenvalue weighted by molar-refractivity contribution is 5.95. The smallest absolute Gasteiger partial charge is 0.254 e. The lowest BCUT2D eigenvalue weighted by Crippen LogP contribution is -2.43. The molecule has 21 heavy (non-hydrogen) atoms. The molecule has 1 fully saturated rings. The Hall–Kier alpha value is -1.69. The molecule has 1 saturated carbocycles. The highest BCUT2D eigenvalue weighted by Gasteiger charge is 2.25. The maximum atomic E-state index is 14.2. The number of hydrogen-bond donors (Lipinski definition) is 3. The third kappa shape index (κ3) is 3.91. The standard InChI is InChI=1S/C15H22FN3O2/c1-2-17-14-13(16)10(8-9-18-14)15(21)19-11-6-4-3-5-7-12(11)20/h8-9,11-12,20H,2-7H2,1H3,(H,17,18)(H,19,21). The summed E-state index contributed by atoms with van der Waals surface area (Å²) in [6, 6.07) is 1.05. The fraction of sp³-hybridized carbons (Fsp3) is 0.600. The van der Waals surface area contributed by atoms with Crippen LogP contribution in [-0.4, -0.2) is 34.7 Å². The first-order valence-electron chi connectivity index (χ1n) is 7.50. The number of pyridine rings is 1. The lowest BCUT2D eigenvalue weighted by molar-refractivity contribution is 0.0815. The average Bonchev–Trinajstić information content (AvgIpc) is 2.66. The number of amides is 1. The maximum absolute atomic E-state index is 14.2. The number of carbonyl (C=O) groups is 1. The number of hydrogen-bond acceptors (Lipinski definition) is 4. The fourth-order valence-electron chi connectivity index (χ4n) is 2.61. The fourth-order valence-corrected chi connectivity index (χ4v) is 2.61. The van der Waals surface area contributed by atoms with Gasteiger partial charge in [-0.1, -0.05) is 19.3 Å². The van der Waals surface area contributed by atoms with E-state index in [1.165, 1.54) is 12.3 Å². The summed E-state index contributed by atoms with van der Waals surface area (Å²) in [6.07, 6.45) is 5.21. The van der Waals surface area contributed by atoms with Gasteiger partial charge in [0.1, 0.15) is 0 Å². The summed E-state index contributed by atoms with van der Waals surface area (Å²) in [7, 11) is 0. The molecule has 116 valence electrons. The van der Waals surface area contributed by atoms with Crippen molar-refractivity contribution in [3.8, 4) is 0 Å². The summed E-state index contributed by atoms with van der Waals surface area (Å²) in [6.45, 7) is 2.35. The number of nitrogens with zero attached hydrogens (tertiary/aromatic N) is 1. The minimum atomic E-state index is -0.653. The van der Waals surface area contributed by atoms with E-state index in [1.807, 2.05) is 6.92 Å². The molecule has 6 heteroatoms. The van der Waals surface area contributed by atoms with Crippen LogP contribution < -0.4 is 10.6 Å². The molecular weight excluding hydrogens is 273 g/mol. The van der Waals surface area contributed by atoms with Gasteiger partial charge in [0, 0.05) is 12.7 Å². The number of aliphatic hydroxyl groups is 1. The van der Waals surface area contributed by atoms with Crippen molar-refractivity contribution >= 4 is 11.7 Å². The van der Waals surface area contributed by atoms with E-state index in [1.54, 1.807) is 0 Å². The van der Waals surface area contributed by atoms with Gasteiger partial charge in [-0.25, -0.2) is 9.37 Å². The Balaban J connectivity index is 2.10. The Kier molecular flexibility index (Phi) is 5.50. The van der Waals surface area contributed by atoms with Crippen LogP contribution >= 0.6 is 0 Å². The third-order valence-electron chi connectivity index (χ3n) is 3.77. The summed E-state index contributed by atoms with van der Waals surface area (Å²) >= 11 is 0. The van der Waals surface area contributed by atoms with Gasteiger partial charge in [0.2, 0.25) is 0 Å². The van der Waals surface area contributed by atoms with E-state index in [9.17, 15) is 14.3 Å². The number of aliphatic hydroxyl groups excluding tert-OH is 1. The Morgan fingerprint density at radius 3 is 2.95 bits per heavy atom. The molecule has 3 N–H and O–H groups in total. The monoisotopic (exact) mass is 295 g/mol. The molecule has 2 rings (SSSR count). The van der Waals surface area contributed by atoms with Crippen LogP contribution in [0.2, 0.25) is 0 Å². The highest BCUT2D eigenvalue weighted by atomic mass is 19.1. The number of aromatic nitrogens is 1. The van der Waals surface area contributed by atoms with Crippen molar-refractivity contribution in [3.63, 3.8) is 0 Å². The van der Waals surface area contributed by atoms with E-state index in [0.29, 0.717) is 13.0 Å². The van der Waals surface area contributed by atoms with Gasteiger partial charge in [0.25, 0.3) is 5.91 Å². The van der Waals surface area contributed by atoms with Gasteiger partial charge in [0.15, 0.2) is 11.6 Å². The van der Waals surface area contributed by atoms with Crippen molar-refractivity contribution in [2.75, 3.05) is 11.9 Å². The van der Waals surface area contributed by atoms with Gasteiger partial charge >= 0.3 is 0 Å². The molecule has 1 aliphatic rings. The number of nitrogens with one attached hydrogen (secondary N) is 2. The lowest BCUT2D eigenvalue weighted by atomic mass is 10.1. The second-order valence-electron chi connectivity index (χ2n) is 5.34. The minimum Gasteiger partial charge on any atom is -0.391 e. The summed E-state index contributed by atoms with van der Waals surface area (Å²) in [5.41, 5.74) is -0.0441. The zero-order valence-electron chi connectivity index (χ0n) is 12.2. The van der Waals surface area contributed by atoms with Gasteiger partial charge in [-0.05, 0) is 25.8 Å². The predicted molar refractivity (Wildman–Crippen MR) is 78.7 cm³/mol. The second kappa shape index (κ2) is 7.36. The largest absolute Gasteiger partial charge is 0.391 e. The molecule has 5 nitrogen and oxygen atoms in total. The number of carbonyl (C=O) groups excluding carboxylic acids is 1. The molecule has 0 bridgehead atoms. The SMILES string of the molecule is CCNc1nccc(C(=O)NC2CCCCCC2O)c1F. The topological polar surface area (TPSA) is 74.2 Å². The first-order chi connectivity index (χ1) is 10.1. The van der Waals surface area contributed by atoms with Gasteiger partial charge in [-0.3, -0.25) is 4.79 Å². The molecule has 0 spiro atoms. The molecule has 2 atom stereocenters. The van der Waals surface area contributed by atoms with Crippen molar-refractivity contribution in [1.82, 2.24) is 10.3 Å². The molecule has 0 radical (unpaired) electrons. The van der Waals surface area contributed by atoms with Crippen molar-refractivity contribution in [3.05, 3.63) is 23.6 Å². The van der Waals surface area contributed by atoms with Crippen LogP contribution in [0.4, 0.5) is 10.2 Å². The molecule has 1 aromatic heterocycles. The van der Waals surface area contributed by atoms with Crippen LogP contribution in [0.5, 0.6) is 0 Å². The summed E-state index contributed by atoms with van der Waals surface area (Å²) in [5.74, 6) is -1.08. The molecule has 0 aliphatic heterocycles. The van der Waals surface area contributed by atoms with E-state index in [-0.39, 0.29) is 17.4 Å². The van der Waals surface area contributed by atoms with Crippen molar-refractivity contribution in [1.29, 1.82) is 0 Å². The number of halogens is 1. The van der Waals surface area contributed by atoms with Gasteiger partial charge in [0.05, 0.1) is 17.7 Å². The molecular formula is C15H22FN3O2. The van der Waals surface area contributed by atoms with Gasteiger partial charge in [-0.15, -0.1) is 0 Å². The van der Waals surface area contributed by atoms with Crippen LogP contribution in [0, 0.1) is 5.82 Å². The maximum Gasteiger partial charge on any atom is 0.254 e. The predicted octanol–water partition coefficient (Wildman–Crippen LogP) is 2.08. The number of rotatable bonds is 4. The molecule has 1 amide bonds. The Labute approximate surface area is 124 Å². The van der Waals surface area contributed by atoms with Crippen molar-refractivity contribution in [2.24, 2.45) is 0 Å². The molecule has 0 aromatic carbocycles. The zero-order chi connectivity index (χ0) is 15.2. The Morgan fingerprint density at radius 2 is 2.19 bits per heavy atom. The quantitative estimate of drug-likeness (QED) is 0.744. The first-order valence-corrected chi connectivity index (χ1v) is 7.50. The summed E-state index contributed by atoms with van der Waals surface area (Å²) in [4.78, 5) is 16.1. The zero-order valence-corrected chi connectivity index (χ0v) is 12.2. The van der Waals surface area contributed by atoms with Crippen LogP contribution in [0.15, 0.2) is 12.3 Å². The second-order valence-corrected chi connectivity index (χ2v) is 5.34. The van der Waals surface area contributed by atoms with Gasteiger partial charge < -0.3 is 15.7 Å². The summed E-state index contributed by atoms with van der Waals surface area (Å²) < 4.78 is 14.2. The number of anilines is 1. The van der Waals surface area contributed by atoms with Crippen LogP contribution in [0.1, 0.15) is 49.4 Å². The van der Waals surface area contributed by atoms with Crippen molar-refractivity contribution < 1.29 is 14.3 Å². The minimum absolute atomic E-state index is 0.0441. The van der Waals surface area contributed by atoms with Crippen LogP contribution in [-0.2, 0) is 0 Å². The molecule has 2 unspecified atom stereocenters. The normalized spacial score (nSPS) is 22.4. The molecule has 1 aromatic rings. The molecule has 1 aliphatic carbocycles. The third-order valence-corrected chi connectivity index (χ3v) is 3.77. The van der Waals surface area contributed by atoms with E-state index in [2.05, 4.69) is 15.6 Å². The van der Waals surface area contributed by atoms with E-state index in [4.69, 9.17) is 0 Å². The van der Waals surface area contributed by atoms with Crippen molar-refractivity contribution in [2.45, 2.75) is 51.2 Å². The van der Waals surface area contributed by atoms with Crippen LogP contribution in [0.25, 0.3) is 0 Å². The molecule has 1 heterocycles. The average molecular weight is 295 g/mol. The van der Waals surface area contributed by atoms with E-state index >= 15 is 0 Å².